The second-order valence-corrected chi connectivity index (χ2v) is 6.46. The summed E-state index contributed by atoms with van der Waals surface area (Å²) in [7, 11) is 0. The molecule has 1 atom stereocenters. The number of nitrogens with zero attached hydrogens (tertiary/aromatic N) is 2. The highest BCUT2D eigenvalue weighted by atomic mass is 16.1. The summed E-state index contributed by atoms with van der Waals surface area (Å²) in [6, 6.07) is 24.0. The number of carbonyl (C=O) groups excluding carboxylic acids is 1. The summed E-state index contributed by atoms with van der Waals surface area (Å²) in [5.41, 5.74) is 2.43. The minimum absolute atomic E-state index is 0.115. The number of amides is 1. The van der Waals surface area contributed by atoms with Crippen LogP contribution in [0, 0.1) is 0 Å². The second kappa shape index (κ2) is 7.38. The smallest absolute Gasteiger partial charge is 0.254 e. The summed E-state index contributed by atoms with van der Waals surface area (Å²) in [5.74, 6) is 0.421. The summed E-state index contributed by atoms with van der Waals surface area (Å²) in [6.45, 7) is 1.97. The Hall–Kier alpha value is -3.53. The predicted octanol–water partition coefficient (Wildman–Crippen LogP) is 4.79. The Morgan fingerprint density at radius 1 is 0.852 bits per heavy atom. The lowest BCUT2D eigenvalue weighted by atomic mass is 10.0. The van der Waals surface area contributed by atoms with Crippen molar-refractivity contribution in [2.75, 3.05) is 0 Å². The van der Waals surface area contributed by atoms with Gasteiger partial charge in [-0.15, -0.1) is 0 Å². The second-order valence-electron chi connectivity index (χ2n) is 6.46. The molecule has 27 heavy (non-hydrogen) atoms. The fourth-order valence-electron chi connectivity index (χ4n) is 3.02. The first-order valence-electron chi connectivity index (χ1n) is 8.88. The van der Waals surface area contributed by atoms with Crippen molar-refractivity contribution in [2.24, 2.45) is 0 Å². The molecule has 1 amide bonds. The standard InChI is InChI=1S/C23H19N3O/c1-16(19-12-11-17-7-5-6-10-20(17)13-19)26-23(27)21-14-24-22(25-15-21)18-8-3-2-4-9-18/h2-16H,1H3,(H,26,27). The molecule has 0 saturated heterocycles. The Bertz CT molecular complexity index is 1080. The maximum absolute atomic E-state index is 12.5. The molecule has 0 saturated carbocycles. The first kappa shape index (κ1) is 16.9. The van der Waals surface area contributed by atoms with E-state index in [0.717, 1.165) is 16.5 Å². The van der Waals surface area contributed by atoms with Crippen molar-refractivity contribution in [1.29, 1.82) is 0 Å². The fourth-order valence-corrected chi connectivity index (χ4v) is 3.02. The third-order valence-corrected chi connectivity index (χ3v) is 4.57. The molecule has 0 bridgehead atoms. The molecule has 4 rings (SSSR count). The third kappa shape index (κ3) is 3.70. The molecule has 1 unspecified atom stereocenters. The number of hydrogen-bond donors (Lipinski definition) is 1. The van der Waals surface area contributed by atoms with Crippen LogP contribution < -0.4 is 5.32 Å². The maximum atomic E-state index is 12.5. The van der Waals surface area contributed by atoms with Crippen LogP contribution in [0.2, 0.25) is 0 Å². The van der Waals surface area contributed by atoms with Crippen LogP contribution in [-0.4, -0.2) is 15.9 Å². The molecule has 0 aliphatic rings. The molecule has 1 aromatic heterocycles. The van der Waals surface area contributed by atoms with Crippen LogP contribution in [0.1, 0.15) is 28.9 Å². The van der Waals surface area contributed by atoms with Crippen molar-refractivity contribution in [3.63, 3.8) is 0 Å². The van der Waals surface area contributed by atoms with Gasteiger partial charge in [-0.2, -0.15) is 0 Å². The zero-order valence-corrected chi connectivity index (χ0v) is 15.0. The highest BCUT2D eigenvalue weighted by Gasteiger charge is 2.13. The molecule has 4 nitrogen and oxygen atoms in total. The van der Waals surface area contributed by atoms with Crippen molar-refractivity contribution >= 4 is 16.7 Å². The van der Waals surface area contributed by atoms with E-state index in [9.17, 15) is 4.79 Å². The van der Waals surface area contributed by atoms with Crippen LogP contribution in [0.3, 0.4) is 0 Å². The lowest BCUT2D eigenvalue weighted by Gasteiger charge is -2.15. The Kier molecular flexibility index (Phi) is 4.62. The van der Waals surface area contributed by atoms with E-state index in [1.165, 1.54) is 5.39 Å². The van der Waals surface area contributed by atoms with Crippen molar-refractivity contribution in [3.8, 4) is 11.4 Å². The van der Waals surface area contributed by atoms with Crippen LogP contribution >= 0.6 is 0 Å². The Balaban J connectivity index is 1.49. The lowest BCUT2D eigenvalue weighted by Crippen LogP contribution is -2.26. The predicted molar refractivity (Wildman–Crippen MR) is 107 cm³/mol. The van der Waals surface area contributed by atoms with Gasteiger partial charge in [-0.3, -0.25) is 4.79 Å². The normalized spacial score (nSPS) is 11.9. The summed E-state index contributed by atoms with van der Waals surface area (Å²) in [6.07, 6.45) is 3.13. The number of benzene rings is 3. The minimum Gasteiger partial charge on any atom is -0.345 e. The third-order valence-electron chi connectivity index (χ3n) is 4.57. The molecule has 1 N–H and O–H groups in total. The largest absolute Gasteiger partial charge is 0.345 e. The van der Waals surface area contributed by atoms with Crippen molar-refractivity contribution < 1.29 is 4.79 Å². The highest BCUT2D eigenvalue weighted by molar-refractivity contribution is 5.94. The Labute approximate surface area is 157 Å². The van der Waals surface area contributed by atoms with E-state index in [4.69, 9.17) is 0 Å². The molecule has 1 heterocycles. The zero-order chi connectivity index (χ0) is 18.6. The number of fused-ring (bicyclic) bond motifs is 1. The molecule has 4 heteroatoms. The van der Waals surface area contributed by atoms with Crippen LogP contribution in [0.25, 0.3) is 22.2 Å². The highest BCUT2D eigenvalue weighted by Crippen LogP contribution is 2.20. The zero-order valence-electron chi connectivity index (χ0n) is 15.0. The number of nitrogens with one attached hydrogen (secondary N) is 1. The van der Waals surface area contributed by atoms with Crippen molar-refractivity contribution in [1.82, 2.24) is 15.3 Å². The molecule has 0 aliphatic carbocycles. The minimum atomic E-state index is -0.185. The number of aromatic nitrogens is 2. The van der Waals surface area contributed by atoms with E-state index in [2.05, 4.69) is 39.6 Å². The van der Waals surface area contributed by atoms with Gasteiger partial charge in [0.2, 0.25) is 0 Å². The van der Waals surface area contributed by atoms with Gasteiger partial charge in [-0.05, 0) is 29.3 Å². The maximum Gasteiger partial charge on any atom is 0.254 e. The average molecular weight is 353 g/mol. The average Bonchev–Trinajstić information content (AvgIpc) is 2.74. The lowest BCUT2D eigenvalue weighted by molar-refractivity contribution is 0.0939. The quantitative estimate of drug-likeness (QED) is 0.574. The van der Waals surface area contributed by atoms with Crippen molar-refractivity contribution in [2.45, 2.75) is 13.0 Å². The monoisotopic (exact) mass is 353 g/mol. The molecule has 3 aromatic carbocycles. The summed E-state index contributed by atoms with van der Waals surface area (Å²) in [5, 5.41) is 5.36. The molecule has 0 spiro atoms. The summed E-state index contributed by atoms with van der Waals surface area (Å²) in [4.78, 5) is 21.2. The molecular weight excluding hydrogens is 334 g/mol. The fraction of sp³-hybridized carbons (Fsp3) is 0.0870. The molecule has 0 aliphatic heterocycles. The van der Waals surface area contributed by atoms with Gasteiger partial charge in [0, 0.05) is 18.0 Å². The van der Waals surface area contributed by atoms with Gasteiger partial charge in [0.1, 0.15) is 0 Å². The van der Waals surface area contributed by atoms with Gasteiger partial charge in [0.05, 0.1) is 11.6 Å². The van der Waals surface area contributed by atoms with Gasteiger partial charge < -0.3 is 5.32 Å². The SMILES string of the molecule is CC(NC(=O)c1cnc(-c2ccccc2)nc1)c1ccc2ccccc2c1. The van der Waals surface area contributed by atoms with E-state index in [0.29, 0.717) is 11.4 Å². The number of hydrogen-bond acceptors (Lipinski definition) is 3. The van der Waals surface area contributed by atoms with Gasteiger partial charge >= 0.3 is 0 Å². The molecule has 0 fully saturated rings. The van der Waals surface area contributed by atoms with Crippen LogP contribution in [0.5, 0.6) is 0 Å². The summed E-state index contributed by atoms with van der Waals surface area (Å²) < 4.78 is 0. The van der Waals surface area contributed by atoms with Gasteiger partial charge in [0.25, 0.3) is 5.91 Å². The number of carbonyl (C=O) groups is 1. The van der Waals surface area contributed by atoms with Crippen molar-refractivity contribution in [3.05, 3.63) is 96.3 Å². The molecule has 132 valence electrons. The first-order chi connectivity index (χ1) is 13.2. The molecular formula is C23H19N3O. The van der Waals surface area contributed by atoms with Crippen LogP contribution in [0.4, 0.5) is 0 Å². The van der Waals surface area contributed by atoms with E-state index >= 15 is 0 Å². The topological polar surface area (TPSA) is 54.9 Å². The van der Waals surface area contributed by atoms with E-state index in [1.807, 2.05) is 55.5 Å². The Morgan fingerprint density at radius 3 is 2.26 bits per heavy atom. The molecule has 0 radical (unpaired) electrons. The van der Waals surface area contributed by atoms with Gasteiger partial charge in [0.15, 0.2) is 5.82 Å². The Morgan fingerprint density at radius 2 is 1.52 bits per heavy atom. The van der Waals surface area contributed by atoms with Gasteiger partial charge in [-0.1, -0.05) is 66.7 Å². The van der Waals surface area contributed by atoms with Crippen LogP contribution in [0.15, 0.2) is 85.2 Å². The van der Waals surface area contributed by atoms with Crippen LogP contribution in [-0.2, 0) is 0 Å². The van der Waals surface area contributed by atoms with E-state index in [-0.39, 0.29) is 11.9 Å². The first-order valence-corrected chi connectivity index (χ1v) is 8.88. The number of rotatable bonds is 4. The van der Waals surface area contributed by atoms with Gasteiger partial charge in [-0.25, -0.2) is 9.97 Å². The summed E-state index contributed by atoms with van der Waals surface area (Å²) >= 11 is 0. The molecule has 4 aromatic rings. The van der Waals surface area contributed by atoms with E-state index in [1.54, 1.807) is 12.4 Å². The van der Waals surface area contributed by atoms with E-state index < -0.39 is 0 Å².